The van der Waals surface area contributed by atoms with Crippen LogP contribution >= 0.6 is 0 Å². The summed E-state index contributed by atoms with van der Waals surface area (Å²) in [6.07, 6.45) is 4.42. The van der Waals surface area contributed by atoms with E-state index < -0.39 is 0 Å². The van der Waals surface area contributed by atoms with Crippen LogP contribution in [0, 0.1) is 0 Å². The molecule has 2 aromatic rings. The highest BCUT2D eigenvalue weighted by Gasteiger charge is 2.23. The summed E-state index contributed by atoms with van der Waals surface area (Å²) in [5.74, 6) is 0.813. The van der Waals surface area contributed by atoms with Gasteiger partial charge < -0.3 is 0 Å². The van der Waals surface area contributed by atoms with E-state index in [1.54, 1.807) is 6.33 Å². The molecule has 6 nitrogen and oxygen atoms in total. The van der Waals surface area contributed by atoms with Crippen LogP contribution in [0.1, 0.15) is 27.2 Å². The molecule has 1 aliphatic rings. The number of nitrogens with zero attached hydrogens (tertiary/aromatic N) is 5. The molecular weight excluding hydrogens is 230 g/mol. The lowest BCUT2D eigenvalue weighted by molar-refractivity contribution is 0.167. The minimum absolute atomic E-state index is 0.0980. The molecule has 1 fully saturated rings. The van der Waals surface area contributed by atoms with E-state index in [2.05, 4.69) is 35.8 Å². The second kappa shape index (κ2) is 3.91. The zero-order valence-electron chi connectivity index (χ0n) is 10.9. The summed E-state index contributed by atoms with van der Waals surface area (Å²) >= 11 is 0. The average molecular weight is 247 g/mol. The molecule has 0 atom stereocenters. The van der Waals surface area contributed by atoms with Crippen molar-refractivity contribution >= 4 is 16.9 Å². The molecule has 0 N–H and O–H groups in total. The Labute approximate surface area is 106 Å². The van der Waals surface area contributed by atoms with Gasteiger partial charge in [0, 0.05) is 6.54 Å². The Kier molecular flexibility index (Phi) is 2.48. The van der Waals surface area contributed by atoms with Crippen molar-refractivity contribution in [1.29, 1.82) is 0 Å². The van der Waals surface area contributed by atoms with E-state index in [1.165, 1.54) is 0 Å². The van der Waals surface area contributed by atoms with Crippen molar-refractivity contribution in [1.82, 2.24) is 19.7 Å². The summed E-state index contributed by atoms with van der Waals surface area (Å²) < 4.78 is 1.92. The minimum Gasteiger partial charge on any atom is -0.272 e. The van der Waals surface area contributed by atoms with Crippen LogP contribution < -0.4 is 5.06 Å². The van der Waals surface area contributed by atoms with Crippen LogP contribution in [0.3, 0.4) is 0 Å². The second-order valence-corrected chi connectivity index (χ2v) is 5.45. The summed E-state index contributed by atoms with van der Waals surface area (Å²) in [5, 5.41) is 7.20. The Hall–Kier alpha value is -1.69. The Morgan fingerprint density at radius 3 is 2.78 bits per heavy atom. The largest absolute Gasteiger partial charge is 0.272 e. The lowest BCUT2D eigenvalue weighted by Crippen LogP contribution is -2.23. The monoisotopic (exact) mass is 247 g/mol. The van der Waals surface area contributed by atoms with Crippen molar-refractivity contribution in [3.8, 4) is 0 Å². The van der Waals surface area contributed by atoms with Crippen LogP contribution in [0.25, 0.3) is 11.0 Å². The van der Waals surface area contributed by atoms with Gasteiger partial charge >= 0.3 is 0 Å². The maximum Gasteiger partial charge on any atom is 0.166 e. The summed E-state index contributed by atoms with van der Waals surface area (Å²) in [7, 11) is 0. The van der Waals surface area contributed by atoms with Gasteiger partial charge in [0.1, 0.15) is 6.33 Å². The first-order valence-electron chi connectivity index (χ1n) is 6.17. The standard InChI is InChI=1S/C12H17N5O/c1-12(2,3)17-11-9(7-15-17)10(13-8-14-11)16-5-4-6-18-16/h7-8H,4-6H2,1-3H3. The van der Waals surface area contributed by atoms with Gasteiger partial charge in [0.2, 0.25) is 0 Å². The molecule has 0 amide bonds. The third kappa shape index (κ3) is 1.73. The molecule has 1 aliphatic heterocycles. The first kappa shape index (κ1) is 11.4. The molecule has 0 bridgehead atoms. The van der Waals surface area contributed by atoms with Crippen LogP contribution in [0.5, 0.6) is 0 Å². The van der Waals surface area contributed by atoms with Crippen LogP contribution in [-0.4, -0.2) is 32.9 Å². The molecule has 0 unspecified atom stereocenters. The maximum absolute atomic E-state index is 5.55. The highest BCUT2D eigenvalue weighted by atomic mass is 16.7. The fourth-order valence-corrected chi connectivity index (χ4v) is 2.14. The predicted molar refractivity (Wildman–Crippen MR) is 68.2 cm³/mol. The van der Waals surface area contributed by atoms with Gasteiger partial charge in [0.25, 0.3) is 0 Å². The molecule has 0 spiro atoms. The van der Waals surface area contributed by atoms with Crippen LogP contribution in [0.2, 0.25) is 0 Å². The highest BCUT2D eigenvalue weighted by molar-refractivity contribution is 5.86. The highest BCUT2D eigenvalue weighted by Crippen LogP contribution is 2.27. The van der Waals surface area contributed by atoms with Gasteiger partial charge in [0.15, 0.2) is 11.5 Å². The van der Waals surface area contributed by atoms with E-state index >= 15 is 0 Å². The van der Waals surface area contributed by atoms with E-state index in [1.807, 2.05) is 15.9 Å². The Bertz CT molecular complexity index is 565. The van der Waals surface area contributed by atoms with Crippen molar-refractivity contribution in [3.05, 3.63) is 12.5 Å². The smallest absolute Gasteiger partial charge is 0.166 e. The molecule has 3 heterocycles. The molecule has 18 heavy (non-hydrogen) atoms. The van der Waals surface area contributed by atoms with Gasteiger partial charge in [-0.3, -0.25) is 4.84 Å². The molecule has 2 aromatic heterocycles. The van der Waals surface area contributed by atoms with E-state index in [9.17, 15) is 0 Å². The van der Waals surface area contributed by atoms with Crippen LogP contribution in [0.4, 0.5) is 5.82 Å². The zero-order valence-corrected chi connectivity index (χ0v) is 10.9. The van der Waals surface area contributed by atoms with Crippen LogP contribution in [0.15, 0.2) is 12.5 Å². The molecule has 96 valence electrons. The van der Waals surface area contributed by atoms with E-state index in [0.717, 1.165) is 36.4 Å². The van der Waals surface area contributed by atoms with E-state index in [-0.39, 0.29) is 5.54 Å². The van der Waals surface area contributed by atoms with Crippen LogP contribution in [-0.2, 0) is 10.4 Å². The molecule has 0 aliphatic carbocycles. The summed E-state index contributed by atoms with van der Waals surface area (Å²) in [6, 6.07) is 0. The Balaban J connectivity index is 2.15. The maximum atomic E-state index is 5.55. The minimum atomic E-state index is -0.0980. The van der Waals surface area contributed by atoms with Gasteiger partial charge in [-0.1, -0.05) is 0 Å². The lowest BCUT2D eigenvalue weighted by atomic mass is 10.1. The van der Waals surface area contributed by atoms with Crippen molar-refractivity contribution < 1.29 is 4.84 Å². The van der Waals surface area contributed by atoms with Crippen molar-refractivity contribution in [2.75, 3.05) is 18.2 Å². The van der Waals surface area contributed by atoms with Gasteiger partial charge in [-0.05, 0) is 27.2 Å². The van der Waals surface area contributed by atoms with Gasteiger partial charge in [-0.15, -0.1) is 0 Å². The summed E-state index contributed by atoms with van der Waals surface area (Å²) in [5.41, 5.74) is 0.752. The molecule has 0 radical (unpaired) electrons. The van der Waals surface area contributed by atoms with Gasteiger partial charge in [-0.25, -0.2) is 19.7 Å². The molecule has 3 rings (SSSR count). The quantitative estimate of drug-likeness (QED) is 0.768. The normalized spacial score (nSPS) is 16.7. The number of aromatic nitrogens is 4. The van der Waals surface area contributed by atoms with Crippen molar-refractivity contribution in [2.24, 2.45) is 0 Å². The number of fused-ring (bicyclic) bond motifs is 1. The number of hydrogen-bond donors (Lipinski definition) is 0. The molecule has 1 saturated heterocycles. The first-order valence-corrected chi connectivity index (χ1v) is 6.17. The summed E-state index contributed by atoms with van der Waals surface area (Å²) in [6.45, 7) is 7.93. The molecular formula is C12H17N5O. The third-order valence-corrected chi connectivity index (χ3v) is 2.97. The number of hydrogen-bond acceptors (Lipinski definition) is 5. The zero-order chi connectivity index (χ0) is 12.8. The SMILES string of the molecule is CC(C)(C)n1ncc2c(N3CCCO3)ncnc21. The van der Waals surface area contributed by atoms with Gasteiger partial charge in [0.05, 0.1) is 23.7 Å². The molecule has 0 aromatic carbocycles. The number of hydroxylamine groups is 1. The second-order valence-electron chi connectivity index (χ2n) is 5.45. The fraction of sp³-hybridized carbons (Fsp3) is 0.583. The molecule has 6 heteroatoms. The average Bonchev–Trinajstić information content (AvgIpc) is 2.96. The molecule has 0 saturated carbocycles. The number of rotatable bonds is 1. The van der Waals surface area contributed by atoms with Crippen molar-refractivity contribution in [3.63, 3.8) is 0 Å². The Morgan fingerprint density at radius 2 is 2.11 bits per heavy atom. The number of anilines is 1. The van der Waals surface area contributed by atoms with E-state index in [4.69, 9.17) is 4.84 Å². The lowest BCUT2D eigenvalue weighted by Gasteiger charge is -2.20. The Morgan fingerprint density at radius 1 is 1.28 bits per heavy atom. The van der Waals surface area contributed by atoms with E-state index in [0.29, 0.717) is 0 Å². The van der Waals surface area contributed by atoms with Crippen molar-refractivity contribution in [2.45, 2.75) is 32.7 Å². The topological polar surface area (TPSA) is 56.1 Å². The fourth-order valence-electron chi connectivity index (χ4n) is 2.14. The summed E-state index contributed by atoms with van der Waals surface area (Å²) in [4.78, 5) is 14.2. The predicted octanol–water partition coefficient (Wildman–Crippen LogP) is 1.72. The third-order valence-electron chi connectivity index (χ3n) is 2.97. The van der Waals surface area contributed by atoms with Gasteiger partial charge in [-0.2, -0.15) is 5.10 Å². The first-order chi connectivity index (χ1) is 8.57.